The summed E-state index contributed by atoms with van der Waals surface area (Å²) in [5, 5.41) is 20.0. The highest BCUT2D eigenvalue weighted by Crippen LogP contribution is 2.68. The van der Waals surface area contributed by atoms with Crippen molar-refractivity contribution in [3.05, 3.63) is 12.2 Å². The Bertz CT molecular complexity index is 645. The molecule has 9 atom stereocenters. The largest absolute Gasteiger partial charge is 0.462 e. The van der Waals surface area contributed by atoms with E-state index in [2.05, 4.69) is 20.4 Å². The standard InChI is InChI=1S/C24H38O4/c1-14(13-25)19-7-8-20-18-6-5-16-11-17(27)9-10-23(16,3)22(18)21(28-15(2)26)12-24(19,20)4/h16-22,25,27H,1,5-13H2,2-4H3/t16-,17+,18-,19?,20-,21-,22+,23-,24+/m0/s1. The van der Waals surface area contributed by atoms with Gasteiger partial charge in [0.15, 0.2) is 0 Å². The second kappa shape index (κ2) is 7.12. The van der Waals surface area contributed by atoms with Gasteiger partial charge in [-0.2, -0.15) is 0 Å². The molecular formula is C24H38O4. The van der Waals surface area contributed by atoms with Crippen LogP contribution < -0.4 is 0 Å². The minimum absolute atomic E-state index is 0.0526. The van der Waals surface area contributed by atoms with Crippen LogP contribution in [0.4, 0.5) is 0 Å². The first-order valence-electron chi connectivity index (χ1n) is 11.3. The molecule has 0 radical (unpaired) electrons. The predicted molar refractivity (Wildman–Crippen MR) is 108 cm³/mol. The lowest BCUT2D eigenvalue weighted by Crippen LogP contribution is -2.60. The Hall–Kier alpha value is -0.870. The number of aliphatic hydroxyl groups excluding tert-OH is 2. The van der Waals surface area contributed by atoms with Crippen LogP contribution in [-0.4, -0.2) is 35.0 Å². The summed E-state index contributed by atoms with van der Waals surface area (Å²) in [6, 6.07) is 0. The minimum atomic E-state index is -0.178. The summed E-state index contributed by atoms with van der Waals surface area (Å²) >= 11 is 0. The van der Waals surface area contributed by atoms with E-state index in [1.807, 2.05) is 0 Å². The van der Waals surface area contributed by atoms with Gasteiger partial charge in [0.25, 0.3) is 0 Å². The maximum atomic E-state index is 12.1. The zero-order valence-electron chi connectivity index (χ0n) is 17.8. The molecule has 4 fully saturated rings. The van der Waals surface area contributed by atoms with Gasteiger partial charge in [0.05, 0.1) is 12.7 Å². The molecular weight excluding hydrogens is 352 g/mol. The molecule has 0 aromatic rings. The number of fused-ring (bicyclic) bond motifs is 5. The zero-order valence-corrected chi connectivity index (χ0v) is 17.8. The highest BCUT2D eigenvalue weighted by atomic mass is 16.5. The van der Waals surface area contributed by atoms with E-state index in [0.717, 1.165) is 37.7 Å². The third kappa shape index (κ3) is 2.98. The van der Waals surface area contributed by atoms with Gasteiger partial charge in [-0.25, -0.2) is 0 Å². The lowest BCUT2D eigenvalue weighted by Gasteiger charge is -2.62. The van der Waals surface area contributed by atoms with Crippen LogP contribution in [0.5, 0.6) is 0 Å². The number of carbonyl (C=O) groups excluding carboxylic acids is 1. The van der Waals surface area contributed by atoms with Crippen molar-refractivity contribution >= 4 is 5.97 Å². The molecule has 0 spiro atoms. The third-order valence-electron chi connectivity index (χ3n) is 9.56. The fourth-order valence-corrected chi connectivity index (χ4v) is 8.43. The Morgan fingerprint density at radius 3 is 2.57 bits per heavy atom. The second-order valence-electron chi connectivity index (χ2n) is 10.8. The summed E-state index contributed by atoms with van der Waals surface area (Å²) in [5.74, 6) is 2.24. The van der Waals surface area contributed by atoms with Crippen LogP contribution in [0.2, 0.25) is 0 Å². The van der Waals surface area contributed by atoms with Crippen molar-refractivity contribution in [1.82, 2.24) is 0 Å². The SMILES string of the molecule is C=C(CO)C1CC[C@H]2[C@@H]3CC[C@H]4C[C@H](O)CC[C@]4(C)[C@H]3[C@@H](OC(C)=O)C[C@]12C. The number of hydrogen-bond donors (Lipinski definition) is 2. The maximum Gasteiger partial charge on any atom is 0.302 e. The summed E-state index contributed by atoms with van der Waals surface area (Å²) in [7, 11) is 0. The Morgan fingerprint density at radius 1 is 1.14 bits per heavy atom. The number of hydrogen-bond acceptors (Lipinski definition) is 4. The number of aliphatic hydroxyl groups is 2. The van der Waals surface area contributed by atoms with Crippen molar-refractivity contribution in [2.75, 3.05) is 6.61 Å². The van der Waals surface area contributed by atoms with E-state index in [9.17, 15) is 15.0 Å². The van der Waals surface area contributed by atoms with Crippen LogP contribution >= 0.6 is 0 Å². The molecule has 0 bridgehead atoms. The van der Waals surface area contributed by atoms with Crippen molar-refractivity contribution in [1.29, 1.82) is 0 Å². The normalized spacial score (nSPS) is 50.2. The summed E-state index contributed by atoms with van der Waals surface area (Å²) in [5.41, 5.74) is 1.15. The molecule has 158 valence electrons. The Balaban J connectivity index is 1.71. The van der Waals surface area contributed by atoms with Gasteiger partial charge in [0, 0.05) is 12.8 Å². The van der Waals surface area contributed by atoms with E-state index < -0.39 is 0 Å². The summed E-state index contributed by atoms with van der Waals surface area (Å²) in [6.07, 6.45) is 8.10. The number of carbonyl (C=O) groups is 1. The van der Waals surface area contributed by atoms with Gasteiger partial charge in [0.1, 0.15) is 6.10 Å². The van der Waals surface area contributed by atoms with E-state index in [-0.39, 0.29) is 35.6 Å². The highest BCUT2D eigenvalue weighted by molar-refractivity contribution is 5.66. The first kappa shape index (κ1) is 20.4. The second-order valence-corrected chi connectivity index (χ2v) is 10.8. The highest BCUT2D eigenvalue weighted by Gasteiger charge is 2.64. The smallest absolute Gasteiger partial charge is 0.302 e. The topological polar surface area (TPSA) is 66.8 Å². The first-order valence-corrected chi connectivity index (χ1v) is 11.3. The van der Waals surface area contributed by atoms with Crippen LogP contribution in [0.25, 0.3) is 0 Å². The Morgan fingerprint density at radius 2 is 1.89 bits per heavy atom. The summed E-state index contributed by atoms with van der Waals surface area (Å²) in [4.78, 5) is 12.1. The van der Waals surface area contributed by atoms with Crippen molar-refractivity contribution < 1.29 is 19.7 Å². The van der Waals surface area contributed by atoms with E-state index in [1.165, 1.54) is 26.2 Å². The quantitative estimate of drug-likeness (QED) is 0.562. The van der Waals surface area contributed by atoms with Gasteiger partial charge in [-0.05, 0) is 91.4 Å². The monoisotopic (exact) mass is 390 g/mol. The fourth-order valence-electron chi connectivity index (χ4n) is 8.43. The molecule has 4 saturated carbocycles. The molecule has 4 rings (SSSR count). The van der Waals surface area contributed by atoms with Gasteiger partial charge < -0.3 is 14.9 Å². The van der Waals surface area contributed by atoms with Crippen molar-refractivity contribution in [3.8, 4) is 0 Å². The molecule has 4 nitrogen and oxygen atoms in total. The molecule has 0 aromatic heterocycles. The van der Waals surface area contributed by atoms with E-state index in [4.69, 9.17) is 4.74 Å². The molecule has 0 saturated heterocycles. The average Bonchev–Trinajstić information content (AvgIpc) is 2.97. The van der Waals surface area contributed by atoms with Crippen LogP contribution in [0, 0.1) is 40.4 Å². The first-order chi connectivity index (χ1) is 13.2. The van der Waals surface area contributed by atoms with Crippen LogP contribution in [0.15, 0.2) is 12.2 Å². The molecule has 1 unspecified atom stereocenters. The van der Waals surface area contributed by atoms with E-state index >= 15 is 0 Å². The van der Waals surface area contributed by atoms with Crippen molar-refractivity contribution in [2.24, 2.45) is 40.4 Å². The van der Waals surface area contributed by atoms with Gasteiger partial charge in [-0.1, -0.05) is 20.4 Å². The molecule has 2 N–H and O–H groups in total. The summed E-state index contributed by atoms with van der Waals surface area (Å²) < 4.78 is 6.04. The van der Waals surface area contributed by atoms with Crippen LogP contribution in [0.3, 0.4) is 0 Å². The Kier molecular flexibility index (Phi) is 5.19. The van der Waals surface area contributed by atoms with Crippen molar-refractivity contribution in [3.63, 3.8) is 0 Å². The lowest BCUT2D eigenvalue weighted by atomic mass is 9.43. The number of ether oxygens (including phenoxy) is 1. The maximum absolute atomic E-state index is 12.1. The van der Waals surface area contributed by atoms with Gasteiger partial charge in [-0.15, -0.1) is 0 Å². The molecule has 0 amide bonds. The molecule has 28 heavy (non-hydrogen) atoms. The third-order valence-corrected chi connectivity index (χ3v) is 9.56. The van der Waals surface area contributed by atoms with Crippen LogP contribution in [-0.2, 0) is 9.53 Å². The average molecular weight is 391 g/mol. The van der Waals surface area contributed by atoms with Gasteiger partial charge in [-0.3, -0.25) is 4.79 Å². The summed E-state index contributed by atoms with van der Waals surface area (Å²) in [6.45, 7) is 10.6. The molecule has 4 aliphatic rings. The predicted octanol–water partition coefficient (Wildman–Crippen LogP) is 4.10. The molecule has 0 heterocycles. The van der Waals surface area contributed by atoms with E-state index in [0.29, 0.717) is 29.6 Å². The minimum Gasteiger partial charge on any atom is -0.462 e. The molecule has 0 aliphatic heterocycles. The molecule has 4 aliphatic carbocycles. The van der Waals surface area contributed by atoms with E-state index in [1.54, 1.807) is 0 Å². The lowest BCUT2D eigenvalue weighted by molar-refractivity contribution is -0.196. The van der Waals surface area contributed by atoms with Gasteiger partial charge in [0.2, 0.25) is 0 Å². The van der Waals surface area contributed by atoms with Gasteiger partial charge >= 0.3 is 5.97 Å². The Labute approximate surface area is 169 Å². The fraction of sp³-hybridized carbons (Fsp3) is 0.875. The zero-order chi connectivity index (χ0) is 20.3. The van der Waals surface area contributed by atoms with Crippen molar-refractivity contribution in [2.45, 2.75) is 84.3 Å². The number of esters is 1. The number of rotatable bonds is 3. The van der Waals surface area contributed by atoms with Crippen LogP contribution in [0.1, 0.15) is 72.1 Å². The molecule has 4 heteroatoms. The molecule has 0 aromatic carbocycles.